The Morgan fingerprint density at radius 3 is 2.71 bits per heavy atom. The average Bonchev–Trinajstić information content (AvgIpc) is 2.83. The summed E-state index contributed by atoms with van der Waals surface area (Å²) in [7, 11) is 0. The van der Waals surface area contributed by atoms with Gasteiger partial charge in [-0.15, -0.1) is 16.8 Å². The van der Waals surface area contributed by atoms with Gasteiger partial charge in [0.1, 0.15) is 0 Å². The molecular weight excluding hydrogens is 352 g/mol. The van der Waals surface area contributed by atoms with Gasteiger partial charge in [0, 0.05) is 16.6 Å². The molecule has 1 heterocycles. The van der Waals surface area contributed by atoms with E-state index >= 15 is 0 Å². The fourth-order valence-electron chi connectivity index (χ4n) is 1.70. The number of allylic oxidation sites excluding steroid dienone is 1. The molecule has 1 unspecified atom stereocenters. The predicted octanol–water partition coefficient (Wildman–Crippen LogP) is 2.86. The lowest BCUT2D eigenvalue weighted by atomic mass is 10.2. The first kappa shape index (κ1) is 15.8. The number of carbonyl (C=O) groups is 1. The number of nitrogens with two attached hydrogens (primary N) is 1. The molecule has 0 aliphatic carbocycles. The van der Waals surface area contributed by atoms with Crippen LogP contribution in [0.25, 0.3) is 11.4 Å². The minimum atomic E-state index is -0.377. The third-order valence-electron chi connectivity index (χ3n) is 2.81. The van der Waals surface area contributed by atoms with Gasteiger partial charge in [-0.25, -0.2) is 0 Å². The molecule has 2 aromatic rings. The first-order valence-electron chi connectivity index (χ1n) is 6.29. The molecule has 5 nitrogen and oxygen atoms in total. The first-order chi connectivity index (χ1) is 10.0. The van der Waals surface area contributed by atoms with Gasteiger partial charge in [-0.2, -0.15) is 0 Å². The highest BCUT2D eigenvalue weighted by Crippen LogP contribution is 2.27. The summed E-state index contributed by atoms with van der Waals surface area (Å²) in [6.07, 6.45) is 1.77. The Morgan fingerprint density at radius 1 is 1.48 bits per heavy atom. The monoisotopic (exact) mass is 366 g/mol. The standard InChI is InChI=1S/C14H15BrN4OS/c1-3-8-19-13(10-4-6-11(15)7-5-10)17-18-14(19)21-9(2)12(16)20/h3-7,9H,1,8H2,2H3,(H2,16,20). The van der Waals surface area contributed by atoms with Gasteiger partial charge in [0.05, 0.1) is 5.25 Å². The fourth-order valence-corrected chi connectivity index (χ4v) is 2.77. The maximum absolute atomic E-state index is 11.2. The third-order valence-corrected chi connectivity index (χ3v) is 4.44. The van der Waals surface area contributed by atoms with Crippen molar-refractivity contribution in [2.75, 3.05) is 0 Å². The van der Waals surface area contributed by atoms with Crippen LogP contribution in [0.3, 0.4) is 0 Å². The summed E-state index contributed by atoms with van der Waals surface area (Å²) in [5.41, 5.74) is 6.25. The maximum atomic E-state index is 11.2. The second-order valence-electron chi connectivity index (χ2n) is 4.37. The second kappa shape index (κ2) is 6.91. The first-order valence-corrected chi connectivity index (χ1v) is 7.96. The fraction of sp³-hybridized carbons (Fsp3) is 0.214. The highest BCUT2D eigenvalue weighted by Gasteiger charge is 2.18. The number of aromatic nitrogens is 3. The van der Waals surface area contributed by atoms with E-state index < -0.39 is 0 Å². The van der Waals surface area contributed by atoms with Crippen LogP contribution in [0, 0.1) is 0 Å². The van der Waals surface area contributed by atoms with Gasteiger partial charge in [-0.1, -0.05) is 45.9 Å². The lowest BCUT2D eigenvalue weighted by Gasteiger charge is -2.10. The lowest BCUT2D eigenvalue weighted by molar-refractivity contribution is -0.117. The molecule has 1 atom stereocenters. The summed E-state index contributed by atoms with van der Waals surface area (Å²) in [4.78, 5) is 11.2. The lowest BCUT2D eigenvalue weighted by Crippen LogP contribution is -2.23. The molecule has 1 amide bonds. The van der Waals surface area contributed by atoms with Crippen LogP contribution >= 0.6 is 27.7 Å². The van der Waals surface area contributed by atoms with Gasteiger partial charge in [0.25, 0.3) is 0 Å². The smallest absolute Gasteiger partial charge is 0.230 e. The van der Waals surface area contributed by atoms with Crippen molar-refractivity contribution in [1.29, 1.82) is 0 Å². The highest BCUT2D eigenvalue weighted by molar-refractivity contribution is 9.10. The number of hydrogen-bond donors (Lipinski definition) is 1. The summed E-state index contributed by atoms with van der Waals surface area (Å²) in [6, 6.07) is 7.81. The Hall–Kier alpha value is -1.60. The van der Waals surface area contributed by atoms with Crippen LogP contribution in [0.15, 0.2) is 46.5 Å². The zero-order valence-corrected chi connectivity index (χ0v) is 13.9. The van der Waals surface area contributed by atoms with E-state index in [1.54, 1.807) is 13.0 Å². The molecule has 0 spiro atoms. The molecule has 110 valence electrons. The van der Waals surface area contributed by atoms with Crippen molar-refractivity contribution in [3.05, 3.63) is 41.4 Å². The largest absolute Gasteiger partial charge is 0.369 e. The number of rotatable bonds is 6. The van der Waals surface area contributed by atoms with Crippen LogP contribution in [0.5, 0.6) is 0 Å². The van der Waals surface area contributed by atoms with Crippen molar-refractivity contribution in [2.45, 2.75) is 23.9 Å². The third kappa shape index (κ3) is 3.74. The van der Waals surface area contributed by atoms with Crippen LogP contribution in [-0.4, -0.2) is 25.9 Å². The molecule has 0 fully saturated rings. The minimum Gasteiger partial charge on any atom is -0.369 e. The molecule has 0 saturated heterocycles. The Morgan fingerprint density at radius 2 is 2.14 bits per heavy atom. The quantitative estimate of drug-likeness (QED) is 0.629. The Balaban J connectivity index is 2.38. The summed E-state index contributed by atoms with van der Waals surface area (Å²) in [6.45, 7) is 6.07. The number of thioether (sulfide) groups is 1. The van der Waals surface area contributed by atoms with E-state index in [1.807, 2.05) is 28.8 Å². The van der Waals surface area contributed by atoms with Crippen molar-refractivity contribution >= 4 is 33.6 Å². The minimum absolute atomic E-state index is 0.365. The predicted molar refractivity (Wildman–Crippen MR) is 87.9 cm³/mol. The van der Waals surface area contributed by atoms with Crippen molar-refractivity contribution in [3.63, 3.8) is 0 Å². The second-order valence-corrected chi connectivity index (χ2v) is 6.60. The zero-order chi connectivity index (χ0) is 15.4. The summed E-state index contributed by atoms with van der Waals surface area (Å²) < 4.78 is 2.92. The molecule has 2 rings (SSSR count). The topological polar surface area (TPSA) is 73.8 Å². The van der Waals surface area contributed by atoms with E-state index in [2.05, 4.69) is 32.7 Å². The molecule has 0 saturated carbocycles. The summed E-state index contributed by atoms with van der Waals surface area (Å²) >= 11 is 4.70. The van der Waals surface area contributed by atoms with Crippen molar-refractivity contribution in [3.8, 4) is 11.4 Å². The molecule has 0 aliphatic rings. The van der Waals surface area contributed by atoms with Crippen LogP contribution in [-0.2, 0) is 11.3 Å². The van der Waals surface area contributed by atoms with E-state index in [4.69, 9.17) is 5.73 Å². The molecule has 2 N–H and O–H groups in total. The van der Waals surface area contributed by atoms with Crippen LogP contribution < -0.4 is 5.73 Å². The summed E-state index contributed by atoms with van der Waals surface area (Å²) in [5.74, 6) is 0.361. The molecule has 7 heteroatoms. The van der Waals surface area contributed by atoms with E-state index in [9.17, 15) is 4.79 Å². The van der Waals surface area contributed by atoms with Gasteiger partial charge in [0.15, 0.2) is 11.0 Å². The number of nitrogens with zero attached hydrogens (tertiary/aromatic N) is 3. The van der Waals surface area contributed by atoms with Crippen LogP contribution in [0.2, 0.25) is 0 Å². The number of amides is 1. The van der Waals surface area contributed by atoms with Gasteiger partial charge >= 0.3 is 0 Å². The molecule has 1 aromatic carbocycles. The van der Waals surface area contributed by atoms with E-state index in [1.165, 1.54) is 11.8 Å². The Bertz CT molecular complexity index is 653. The molecular formula is C14H15BrN4OS. The van der Waals surface area contributed by atoms with E-state index in [0.717, 1.165) is 15.9 Å². The van der Waals surface area contributed by atoms with E-state index in [0.29, 0.717) is 11.7 Å². The van der Waals surface area contributed by atoms with Crippen LogP contribution in [0.4, 0.5) is 0 Å². The normalized spacial score (nSPS) is 12.1. The average molecular weight is 367 g/mol. The van der Waals surface area contributed by atoms with Crippen molar-refractivity contribution in [2.24, 2.45) is 5.73 Å². The number of primary amides is 1. The molecule has 0 aliphatic heterocycles. The Kier molecular flexibility index (Phi) is 5.19. The SMILES string of the molecule is C=CCn1c(SC(C)C(N)=O)nnc1-c1ccc(Br)cc1. The van der Waals surface area contributed by atoms with Crippen molar-refractivity contribution in [1.82, 2.24) is 14.8 Å². The van der Waals surface area contributed by atoms with Crippen molar-refractivity contribution < 1.29 is 4.79 Å². The molecule has 1 aromatic heterocycles. The number of carbonyl (C=O) groups excluding carboxylic acids is 1. The van der Waals surface area contributed by atoms with Gasteiger partial charge in [-0.05, 0) is 19.1 Å². The van der Waals surface area contributed by atoms with E-state index in [-0.39, 0.29) is 11.2 Å². The molecule has 21 heavy (non-hydrogen) atoms. The maximum Gasteiger partial charge on any atom is 0.230 e. The number of halogens is 1. The zero-order valence-electron chi connectivity index (χ0n) is 11.5. The van der Waals surface area contributed by atoms with Crippen LogP contribution in [0.1, 0.15) is 6.92 Å². The van der Waals surface area contributed by atoms with Gasteiger partial charge in [-0.3, -0.25) is 9.36 Å². The van der Waals surface area contributed by atoms with Gasteiger partial charge < -0.3 is 5.73 Å². The Labute approximate surface area is 135 Å². The van der Waals surface area contributed by atoms with Gasteiger partial charge in [0.2, 0.25) is 5.91 Å². The summed E-state index contributed by atoms with van der Waals surface area (Å²) in [5, 5.41) is 8.68. The molecule has 0 bridgehead atoms. The number of hydrogen-bond acceptors (Lipinski definition) is 4. The number of benzene rings is 1. The highest BCUT2D eigenvalue weighted by atomic mass is 79.9. The molecule has 0 radical (unpaired) electrons.